The molecule has 2 aromatic rings. The lowest BCUT2D eigenvalue weighted by atomic mass is 10.0. The highest BCUT2D eigenvalue weighted by Crippen LogP contribution is 2.28. The Bertz CT molecular complexity index is 757. The van der Waals surface area contributed by atoms with E-state index in [9.17, 15) is 0 Å². The minimum absolute atomic E-state index is 0.142. The second-order valence-corrected chi connectivity index (χ2v) is 6.49. The number of ether oxygens (including phenoxy) is 2. The van der Waals surface area contributed by atoms with E-state index < -0.39 is 0 Å². The van der Waals surface area contributed by atoms with Gasteiger partial charge in [-0.1, -0.05) is 31.2 Å². The van der Waals surface area contributed by atoms with Crippen LogP contribution in [0.25, 0.3) is 0 Å². The van der Waals surface area contributed by atoms with Gasteiger partial charge in [-0.2, -0.15) is 0 Å². The highest BCUT2D eigenvalue weighted by Gasteiger charge is 2.14. The molecule has 27 heavy (non-hydrogen) atoms. The Hall–Kier alpha value is -2.73. The van der Waals surface area contributed by atoms with E-state index in [2.05, 4.69) is 46.4 Å². The maximum absolute atomic E-state index is 6.12. The van der Waals surface area contributed by atoms with Gasteiger partial charge in [0.25, 0.3) is 0 Å². The molecule has 2 rings (SSSR count). The molecule has 0 aliphatic rings. The fraction of sp³-hybridized carbons (Fsp3) is 0.381. The molecule has 1 unspecified atom stereocenters. The number of rotatable bonds is 8. The lowest BCUT2D eigenvalue weighted by molar-refractivity contribution is 0.306. The summed E-state index contributed by atoms with van der Waals surface area (Å²) in [7, 11) is 7.32. The Labute approximate surface area is 162 Å². The Kier molecular flexibility index (Phi) is 7.49. The zero-order valence-electron chi connectivity index (χ0n) is 16.8. The van der Waals surface area contributed by atoms with Crippen molar-refractivity contribution in [3.8, 4) is 11.5 Å². The molecule has 0 aromatic heterocycles. The van der Waals surface area contributed by atoms with Crippen LogP contribution in [-0.2, 0) is 6.42 Å². The molecule has 6 heteroatoms. The lowest BCUT2D eigenvalue weighted by Gasteiger charge is -2.23. The first-order chi connectivity index (χ1) is 13.0. The standard InChI is InChI=1S/C21H30N4O2/c1-6-15-7-9-16(10-8-15)19(25(2)3)14-23-21(22)24-18-13-17(26-4)11-12-20(18)27-5/h7-13,19H,6,14H2,1-5H3,(H3,22,23,24). The molecule has 0 saturated carbocycles. The predicted molar refractivity (Wildman–Crippen MR) is 112 cm³/mol. The fourth-order valence-electron chi connectivity index (χ4n) is 2.82. The number of methoxy groups -OCH3 is 2. The van der Waals surface area contributed by atoms with Crippen LogP contribution in [0, 0.1) is 0 Å². The summed E-state index contributed by atoms with van der Waals surface area (Å²) in [6, 6.07) is 14.3. The number of benzene rings is 2. The summed E-state index contributed by atoms with van der Waals surface area (Å²) in [6.07, 6.45) is 1.03. The highest BCUT2D eigenvalue weighted by molar-refractivity contribution is 5.94. The third-order valence-corrected chi connectivity index (χ3v) is 4.50. The van der Waals surface area contributed by atoms with E-state index in [0.29, 0.717) is 29.7 Å². The topological polar surface area (TPSA) is 72.1 Å². The summed E-state index contributed by atoms with van der Waals surface area (Å²) in [4.78, 5) is 6.68. The number of hydrogen-bond acceptors (Lipinski definition) is 4. The Morgan fingerprint density at radius 1 is 1.11 bits per heavy atom. The Morgan fingerprint density at radius 2 is 1.81 bits per heavy atom. The van der Waals surface area contributed by atoms with Crippen molar-refractivity contribution in [2.45, 2.75) is 19.4 Å². The third-order valence-electron chi connectivity index (χ3n) is 4.50. The van der Waals surface area contributed by atoms with Crippen LogP contribution in [0.1, 0.15) is 24.1 Å². The summed E-state index contributed by atoms with van der Waals surface area (Å²) in [5.74, 6) is 1.72. The molecule has 0 amide bonds. The zero-order valence-corrected chi connectivity index (χ0v) is 16.8. The van der Waals surface area contributed by atoms with Crippen molar-refractivity contribution >= 4 is 11.6 Å². The molecule has 2 aromatic carbocycles. The van der Waals surface area contributed by atoms with Gasteiger partial charge in [0.15, 0.2) is 5.96 Å². The van der Waals surface area contributed by atoms with E-state index in [0.717, 1.165) is 6.42 Å². The van der Waals surface area contributed by atoms with Gasteiger partial charge in [0, 0.05) is 6.07 Å². The van der Waals surface area contributed by atoms with Crippen molar-refractivity contribution in [3.63, 3.8) is 0 Å². The summed E-state index contributed by atoms with van der Waals surface area (Å²) in [6.45, 7) is 2.70. The number of likely N-dealkylation sites (N-methyl/N-ethyl adjacent to an activating group) is 1. The van der Waals surface area contributed by atoms with Crippen LogP contribution in [0.4, 0.5) is 5.69 Å². The number of nitrogens with two attached hydrogens (primary N) is 1. The van der Waals surface area contributed by atoms with Gasteiger partial charge in [-0.25, -0.2) is 0 Å². The van der Waals surface area contributed by atoms with Crippen molar-refractivity contribution in [2.75, 3.05) is 40.2 Å². The van der Waals surface area contributed by atoms with E-state index >= 15 is 0 Å². The van der Waals surface area contributed by atoms with Gasteiger partial charge in [0.2, 0.25) is 0 Å². The summed E-state index contributed by atoms with van der Waals surface area (Å²) in [5.41, 5.74) is 9.37. The molecular formula is C21H30N4O2. The Morgan fingerprint density at radius 3 is 2.37 bits per heavy atom. The molecule has 0 radical (unpaired) electrons. The van der Waals surface area contributed by atoms with E-state index in [1.54, 1.807) is 14.2 Å². The molecule has 0 fully saturated rings. The molecule has 146 valence electrons. The van der Waals surface area contributed by atoms with Crippen LogP contribution in [-0.4, -0.2) is 45.7 Å². The largest absolute Gasteiger partial charge is 0.497 e. The van der Waals surface area contributed by atoms with Crippen LogP contribution in [0.3, 0.4) is 0 Å². The fourth-order valence-corrected chi connectivity index (χ4v) is 2.82. The van der Waals surface area contributed by atoms with E-state index in [1.165, 1.54) is 11.1 Å². The summed E-state index contributed by atoms with van der Waals surface area (Å²) < 4.78 is 10.6. The first kappa shape index (κ1) is 20.6. The first-order valence-corrected chi connectivity index (χ1v) is 9.02. The van der Waals surface area contributed by atoms with Crippen molar-refractivity contribution in [3.05, 3.63) is 53.6 Å². The van der Waals surface area contributed by atoms with Crippen molar-refractivity contribution in [2.24, 2.45) is 10.7 Å². The van der Waals surface area contributed by atoms with E-state index in [1.807, 2.05) is 32.3 Å². The molecule has 0 aliphatic carbocycles. The third kappa shape index (κ3) is 5.62. The van der Waals surface area contributed by atoms with Crippen LogP contribution in [0.2, 0.25) is 0 Å². The smallest absolute Gasteiger partial charge is 0.193 e. The van der Waals surface area contributed by atoms with Gasteiger partial charge in [0.05, 0.1) is 32.5 Å². The number of nitrogens with zero attached hydrogens (tertiary/aromatic N) is 2. The number of hydrogen-bond donors (Lipinski definition) is 2. The Balaban J connectivity index is 2.14. The first-order valence-electron chi connectivity index (χ1n) is 9.02. The maximum atomic E-state index is 6.12. The maximum Gasteiger partial charge on any atom is 0.193 e. The second kappa shape index (κ2) is 9.83. The number of anilines is 1. The highest BCUT2D eigenvalue weighted by atomic mass is 16.5. The van der Waals surface area contributed by atoms with Crippen LogP contribution >= 0.6 is 0 Å². The van der Waals surface area contributed by atoms with Gasteiger partial charge in [-0.3, -0.25) is 4.99 Å². The number of guanidine groups is 1. The lowest BCUT2D eigenvalue weighted by Crippen LogP contribution is -2.27. The number of nitrogens with one attached hydrogen (secondary N) is 1. The molecule has 3 N–H and O–H groups in total. The predicted octanol–water partition coefficient (Wildman–Crippen LogP) is 3.30. The number of aliphatic imine (C=N–C) groups is 1. The summed E-state index contributed by atoms with van der Waals surface area (Å²) >= 11 is 0. The quantitative estimate of drug-likeness (QED) is 0.551. The van der Waals surface area contributed by atoms with E-state index in [-0.39, 0.29) is 6.04 Å². The molecular weight excluding hydrogens is 340 g/mol. The van der Waals surface area contributed by atoms with Crippen LogP contribution < -0.4 is 20.5 Å². The molecule has 6 nitrogen and oxygen atoms in total. The van der Waals surface area contributed by atoms with Crippen molar-refractivity contribution < 1.29 is 9.47 Å². The molecule has 0 aliphatic heterocycles. The molecule has 0 spiro atoms. The SMILES string of the molecule is CCc1ccc(C(CN=C(N)Nc2cc(OC)ccc2OC)N(C)C)cc1. The van der Waals surface area contributed by atoms with Crippen molar-refractivity contribution in [1.29, 1.82) is 0 Å². The van der Waals surface area contributed by atoms with Gasteiger partial charge in [0.1, 0.15) is 11.5 Å². The second-order valence-electron chi connectivity index (χ2n) is 6.49. The van der Waals surface area contributed by atoms with Crippen LogP contribution in [0.15, 0.2) is 47.5 Å². The van der Waals surface area contributed by atoms with Gasteiger partial charge < -0.3 is 25.4 Å². The minimum atomic E-state index is 0.142. The van der Waals surface area contributed by atoms with Crippen molar-refractivity contribution in [1.82, 2.24) is 4.90 Å². The van der Waals surface area contributed by atoms with Gasteiger partial charge >= 0.3 is 0 Å². The average Bonchev–Trinajstić information content (AvgIpc) is 2.68. The van der Waals surface area contributed by atoms with E-state index in [4.69, 9.17) is 15.2 Å². The zero-order chi connectivity index (χ0) is 19.8. The van der Waals surface area contributed by atoms with Gasteiger partial charge in [-0.15, -0.1) is 0 Å². The normalized spacial score (nSPS) is 12.7. The molecule has 0 heterocycles. The minimum Gasteiger partial charge on any atom is -0.497 e. The van der Waals surface area contributed by atoms with Crippen LogP contribution in [0.5, 0.6) is 11.5 Å². The number of aryl methyl sites for hydroxylation is 1. The monoisotopic (exact) mass is 370 g/mol. The summed E-state index contributed by atoms with van der Waals surface area (Å²) in [5, 5.41) is 3.10. The molecule has 0 saturated heterocycles. The molecule has 0 bridgehead atoms. The molecule has 1 atom stereocenters. The van der Waals surface area contributed by atoms with Gasteiger partial charge in [-0.05, 0) is 43.8 Å². The average molecular weight is 370 g/mol.